The smallest absolute Gasteiger partial charge is 0.277 e. The lowest BCUT2D eigenvalue weighted by atomic mass is 10.2. The van der Waals surface area contributed by atoms with Gasteiger partial charge in [0.15, 0.2) is 9.79 Å². The molecule has 0 fully saturated rings. The van der Waals surface area contributed by atoms with Crippen molar-refractivity contribution >= 4 is 42.8 Å². The van der Waals surface area contributed by atoms with Gasteiger partial charge in [-0.1, -0.05) is 24.3 Å². The summed E-state index contributed by atoms with van der Waals surface area (Å²) in [6, 6.07) is 12.4. The second-order valence-electron chi connectivity index (χ2n) is 7.21. The molecule has 0 spiro atoms. The number of nitrogens with one attached hydrogen (secondary N) is 2. The fourth-order valence-electron chi connectivity index (χ4n) is 3.06. The van der Waals surface area contributed by atoms with Gasteiger partial charge in [-0.15, -0.1) is 0 Å². The normalized spacial score (nSPS) is 11.6. The Labute approximate surface area is 194 Å². The molecule has 0 bridgehead atoms. The number of rotatable bonds is 8. The molecule has 0 radical (unpaired) electrons. The van der Waals surface area contributed by atoms with E-state index < -0.39 is 51.1 Å². The van der Waals surface area contributed by atoms with E-state index in [0.29, 0.717) is 11.1 Å². The van der Waals surface area contributed by atoms with Crippen molar-refractivity contribution in [2.24, 2.45) is 0 Å². The molecule has 0 aliphatic carbocycles. The summed E-state index contributed by atoms with van der Waals surface area (Å²) in [6.07, 6.45) is 0. The zero-order valence-electron chi connectivity index (χ0n) is 17.8. The number of aryl methyl sites for hydroxylation is 2. The molecule has 3 aromatic rings. The number of hydrogen-bond acceptors (Lipinski definition) is 8. The van der Waals surface area contributed by atoms with Gasteiger partial charge in [0.25, 0.3) is 31.4 Å². The van der Waals surface area contributed by atoms with Crippen molar-refractivity contribution < 1.29 is 26.7 Å². The number of sulfonamides is 2. The van der Waals surface area contributed by atoms with Crippen LogP contribution < -0.4 is 9.44 Å². The second-order valence-corrected chi connectivity index (χ2v) is 10.5. The lowest BCUT2D eigenvalue weighted by Crippen LogP contribution is -2.19. The third-order valence-electron chi connectivity index (χ3n) is 4.62. The lowest BCUT2D eigenvalue weighted by Gasteiger charge is -2.15. The van der Waals surface area contributed by atoms with Crippen molar-refractivity contribution in [2.45, 2.75) is 23.6 Å². The van der Waals surface area contributed by atoms with E-state index in [1.165, 1.54) is 36.4 Å². The van der Waals surface area contributed by atoms with Gasteiger partial charge in [-0.2, -0.15) is 0 Å². The minimum atomic E-state index is -4.51. The van der Waals surface area contributed by atoms with Crippen LogP contribution in [0, 0.1) is 34.1 Å². The molecule has 0 aliphatic rings. The number of hydrogen-bond donors (Lipinski definition) is 2. The standard InChI is InChI=1S/C20H18N4O8S2/c1-13-7-9-19(17(11-13)23(25)26)33(29,30)21-15-5-3-4-6-16(15)22-34(31,32)20-10-8-14(2)12-18(20)24(27)28/h3-12,21-22H,1-2H3. The Hall–Kier alpha value is -4.04. The Morgan fingerprint density at radius 3 is 1.32 bits per heavy atom. The van der Waals surface area contributed by atoms with E-state index >= 15 is 0 Å². The number of nitro benzene ring substituents is 2. The molecule has 2 N–H and O–H groups in total. The molecule has 0 unspecified atom stereocenters. The van der Waals surface area contributed by atoms with Crippen LogP contribution in [0.15, 0.2) is 70.5 Å². The molecular formula is C20H18N4O8S2. The van der Waals surface area contributed by atoms with E-state index in [0.717, 1.165) is 24.3 Å². The summed E-state index contributed by atoms with van der Waals surface area (Å²) in [5, 5.41) is 22.7. The lowest BCUT2D eigenvalue weighted by molar-refractivity contribution is -0.388. The van der Waals surface area contributed by atoms with E-state index in [2.05, 4.69) is 9.44 Å². The average molecular weight is 507 g/mol. The topological polar surface area (TPSA) is 179 Å². The fourth-order valence-corrected chi connectivity index (χ4v) is 5.52. The maximum absolute atomic E-state index is 12.9. The monoisotopic (exact) mass is 506 g/mol. The highest BCUT2D eigenvalue weighted by Crippen LogP contribution is 2.32. The minimum Gasteiger partial charge on any atom is -0.277 e. The van der Waals surface area contributed by atoms with Crippen LogP contribution in [0.5, 0.6) is 0 Å². The number of benzene rings is 3. The summed E-state index contributed by atoms with van der Waals surface area (Å²) in [6.45, 7) is 3.12. The maximum Gasteiger partial charge on any atom is 0.290 e. The highest BCUT2D eigenvalue weighted by molar-refractivity contribution is 7.93. The fraction of sp³-hybridized carbons (Fsp3) is 0.100. The van der Waals surface area contributed by atoms with Crippen LogP contribution in [0.4, 0.5) is 22.7 Å². The van der Waals surface area contributed by atoms with Crippen LogP contribution in [0.3, 0.4) is 0 Å². The zero-order chi connectivity index (χ0) is 25.3. The van der Waals surface area contributed by atoms with Crippen LogP contribution >= 0.6 is 0 Å². The molecule has 0 saturated carbocycles. The Morgan fingerprint density at radius 1 is 0.647 bits per heavy atom. The molecule has 34 heavy (non-hydrogen) atoms. The van der Waals surface area contributed by atoms with E-state index in [-0.39, 0.29) is 11.4 Å². The number of para-hydroxylation sites is 2. The van der Waals surface area contributed by atoms with E-state index in [9.17, 15) is 37.1 Å². The van der Waals surface area contributed by atoms with Crippen LogP contribution in [0.25, 0.3) is 0 Å². The van der Waals surface area contributed by atoms with E-state index in [1.54, 1.807) is 13.8 Å². The van der Waals surface area contributed by atoms with Gasteiger partial charge >= 0.3 is 0 Å². The van der Waals surface area contributed by atoms with Crippen LogP contribution in [0.2, 0.25) is 0 Å². The average Bonchev–Trinajstić information content (AvgIpc) is 2.74. The molecule has 14 heteroatoms. The SMILES string of the molecule is Cc1ccc(S(=O)(=O)Nc2ccccc2NS(=O)(=O)c2ccc(C)cc2[N+](=O)[O-])c([N+](=O)[O-])c1. The summed E-state index contributed by atoms with van der Waals surface area (Å²) >= 11 is 0. The predicted octanol–water partition coefficient (Wildman–Crippen LogP) is 3.72. The summed E-state index contributed by atoms with van der Waals surface area (Å²) in [7, 11) is -9.02. The first-order chi connectivity index (χ1) is 15.8. The molecule has 0 heterocycles. The molecule has 3 aromatic carbocycles. The Bertz CT molecular complexity index is 1400. The van der Waals surface area contributed by atoms with Crippen molar-refractivity contribution in [3.05, 3.63) is 92.0 Å². The molecule has 0 saturated heterocycles. The van der Waals surface area contributed by atoms with Crippen LogP contribution in [-0.2, 0) is 20.0 Å². The largest absolute Gasteiger partial charge is 0.290 e. The molecule has 178 valence electrons. The van der Waals surface area contributed by atoms with Gasteiger partial charge in [0, 0.05) is 12.1 Å². The zero-order valence-corrected chi connectivity index (χ0v) is 19.4. The third-order valence-corrected chi connectivity index (χ3v) is 7.44. The highest BCUT2D eigenvalue weighted by atomic mass is 32.2. The van der Waals surface area contributed by atoms with Gasteiger partial charge < -0.3 is 0 Å². The quantitative estimate of drug-likeness (QED) is 0.343. The highest BCUT2D eigenvalue weighted by Gasteiger charge is 2.29. The van der Waals surface area contributed by atoms with Gasteiger partial charge in [0.1, 0.15) is 0 Å². The summed E-state index contributed by atoms with van der Waals surface area (Å²) < 4.78 is 56.0. The Morgan fingerprint density at radius 2 is 1.00 bits per heavy atom. The number of anilines is 2. The van der Waals surface area contributed by atoms with Gasteiger partial charge in [-0.3, -0.25) is 29.7 Å². The Balaban J connectivity index is 2.03. The molecule has 0 aliphatic heterocycles. The molecule has 0 amide bonds. The van der Waals surface area contributed by atoms with E-state index in [4.69, 9.17) is 0 Å². The predicted molar refractivity (Wildman–Crippen MR) is 124 cm³/mol. The minimum absolute atomic E-state index is 0.240. The first kappa shape index (κ1) is 24.6. The van der Waals surface area contributed by atoms with Crippen molar-refractivity contribution in [1.29, 1.82) is 0 Å². The van der Waals surface area contributed by atoms with Crippen molar-refractivity contribution in [1.82, 2.24) is 0 Å². The second kappa shape index (κ2) is 9.07. The molecule has 3 rings (SSSR count). The van der Waals surface area contributed by atoms with Gasteiger partial charge in [0.05, 0.1) is 21.2 Å². The molecule has 0 atom stereocenters. The first-order valence-corrected chi connectivity index (χ1v) is 12.4. The van der Waals surface area contributed by atoms with Crippen LogP contribution in [0.1, 0.15) is 11.1 Å². The number of nitro groups is 2. The maximum atomic E-state index is 12.9. The van der Waals surface area contributed by atoms with Gasteiger partial charge in [-0.25, -0.2) is 16.8 Å². The van der Waals surface area contributed by atoms with Crippen molar-refractivity contribution in [3.8, 4) is 0 Å². The van der Waals surface area contributed by atoms with E-state index in [1.807, 2.05) is 0 Å². The molecule has 12 nitrogen and oxygen atoms in total. The van der Waals surface area contributed by atoms with Crippen LogP contribution in [-0.4, -0.2) is 26.7 Å². The Kier molecular flexibility index (Phi) is 6.56. The molecule has 0 aromatic heterocycles. The van der Waals surface area contributed by atoms with Crippen molar-refractivity contribution in [3.63, 3.8) is 0 Å². The van der Waals surface area contributed by atoms with Crippen molar-refractivity contribution in [2.75, 3.05) is 9.44 Å². The number of nitrogens with zero attached hydrogens (tertiary/aromatic N) is 2. The summed E-state index contributed by atoms with van der Waals surface area (Å²) in [5.74, 6) is 0. The first-order valence-electron chi connectivity index (χ1n) is 9.46. The summed E-state index contributed by atoms with van der Waals surface area (Å²) in [4.78, 5) is 19.8. The molecular weight excluding hydrogens is 488 g/mol. The third kappa shape index (κ3) is 5.13. The summed E-state index contributed by atoms with van der Waals surface area (Å²) in [5.41, 5.74) is -0.842. The van der Waals surface area contributed by atoms with Gasteiger partial charge in [-0.05, 0) is 49.2 Å². The van der Waals surface area contributed by atoms with Gasteiger partial charge in [0.2, 0.25) is 0 Å².